The Bertz CT molecular complexity index is 1070. The maximum atomic E-state index is 12.9. The van der Waals surface area contributed by atoms with Gasteiger partial charge in [0, 0.05) is 22.8 Å². The number of nitrogens with one attached hydrogen (secondary N) is 2. The van der Waals surface area contributed by atoms with Gasteiger partial charge in [-0.05, 0) is 74.5 Å². The molecule has 146 valence electrons. The van der Waals surface area contributed by atoms with Crippen molar-refractivity contribution < 1.29 is 17.6 Å². The third-order valence-corrected chi connectivity index (χ3v) is 5.64. The predicted molar refractivity (Wildman–Crippen MR) is 105 cm³/mol. The fourth-order valence-corrected chi connectivity index (χ4v) is 3.81. The Labute approximate surface area is 163 Å². The molecule has 0 unspecified atom stereocenters. The Morgan fingerprint density at radius 2 is 1.50 bits per heavy atom. The third kappa shape index (κ3) is 4.47. The monoisotopic (exact) mass is 401 g/mol. The van der Waals surface area contributed by atoms with Gasteiger partial charge in [0.05, 0.1) is 11.4 Å². The van der Waals surface area contributed by atoms with Crippen molar-refractivity contribution in [2.75, 3.05) is 11.9 Å². The third-order valence-electron chi connectivity index (χ3n) is 4.23. The van der Waals surface area contributed by atoms with E-state index >= 15 is 0 Å². The van der Waals surface area contributed by atoms with Gasteiger partial charge in [-0.3, -0.25) is 4.79 Å². The molecule has 0 saturated carbocycles. The molecule has 28 heavy (non-hydrogen) atoms. The van der Waals surface area contributed by atoms with E-state index in [1.54, 1.807) is 12.1 Å². The molecule has 0 fully saturated rings. The minimum absolute atomic E-state index is 0.108. The van der Waals surface area contributed by atoms with Crippen molar-refractivity contribution in [3.8, 4) is 5.69 Å². The Balaban J connectivity index is 1.61. The SMILES string of the molecule is Cc1ccc(C)n1-c1ccc(NC(=O)CNS(=O)(=O)c2ccc(F)cc2)cc1. The molecule has 0 atom stereocenters. The summed E-state index contributed by atoms with van der Waals surface area (Å²) in [5.41, 5.74) is 3.72. The lowest BCUT2D eigenvalue weighted by Gasteiger charge is -2.11. The van der Waals surface area contributed by atoms with Gasteiger partial charge in [-0.25, -0.2) is 17.5 Å². The molecular weight excluding hydrogens is 381 g/mol. The van der Waals surface area contributed by atoms with Crippen molar-refractivity contribution in [3.05, 3.63) is 77.9 Å². The highest BCUT2D eigenvalue weighted by Crippen LogP contribution is 2.18. The van der Waals surface area contributed by atoms with E-state index in [2.05, 4.69) is 14.6 Å². The van der Waals surface area contributed by atoms with Crippen LogP contribution in [-0.4, -0.2) is 25.4 Å². The molecule has 3 aromatic rings. The second kappa shape index (κ2) is 7.95. The molecule has 0 aliphatic heterocycles. The highest BCUT2D eigenvalue weighted by Gasteiger charge is 2.15. The number of sulfonamides is 1. The number of carbonyl (C=O) groups is 1. The summed E-state index contributed by atoms with van der Waals surface area (Å²) in [4.78, 5) is 12.0. The number of rotatable bonds is 6. The first kappa shape index (κ1) is 19.8. The second-order valence-electron chi connectivity index (χ2n) is 6.33. The lowest BCUT2D eigenvalue weighted by molar-refractivity contribution is -0.115. The van der Waals surface area contributed by atoms with Gasteiger partial charge in [-0.2, -0.15) is 0 Å². The molecule has 8 heteroatoms. The zero-order chi connectivity index (χ0) is 20.3. The first-order chi connectivity index (χ1) is 13.3. The van der Waals surface area contributed by atoms with E-state index in [0.29, 0.717) is 5.69 Å². The molecule has 0 saturated heterocycles. The molecule has 0 aliphatic carbocycles. The summed E-state index contributed by atoms with van der Waals surface area (Å²) in [6, 6.07) is 15.7. The molecule has 0 spiro atoms. The smallest absolute Gasteiger partial charge is 0.241 e. The Kier molecular flexibility index (Phi) is 5.62. The summed E-state index contributed by atoms with van der Waals surface area (Å²) in [6.07, 6.45) is 0. The lowest BCUT2D eigenvalue weighted by atomic mass is 10.2. The molecular formula is C20H20FN3O3S. The Hall–Kier alpha value is -2.97. The maximum Gasteiger partial charge on any atom is 0.241 e. The van der Waals surface area contributed by atoms with Crippen LogP contribution in [0.2, 0.25) is 0 Å². The maximum absolute atomic E-state index is 12.9. The van der Waals surface area contributed by atoms with Gasteiger partial charge in [0.1, 0.15) is 5.82 Å². The van der Waals surface area contributed by atoms with Crippen LogP contribution in [0.5, 0.6) is 0 Å². The van der Waals surface area contributed by atoms with E-state index < -0.39 is 28.3 Å². The van der Waals surface area contributed by atoms with E-state index in [4.69, 9.17) is 0 Å². The number of hydrogen-bond donors (Lipinski definition) is 2. The van der Waals surface area contributed by atoms with E-state index in [-0.39, 0.29) is 4.90 Å². The quantitative estimate of drug-likeness (QED) is 0.666. The van der Waals surface area contributed by atoms with Crippen LogP contribution >= 0.6 is 0 Å². The van der Waals surface area contributed by atoms with Crippen LogP contribution in [0.3, 0.4) is 0 Å². The van der Waals surface area contributed by atoms with Gasteiger partial charge in [-0.1, -0.05) is 0 Å². The molecule has 2 aromatic carbocycles. The molecule has 2 N–H and O–H groups in total. The summed E-state index contributed by atoms with van der Waals surface area (Å²) in [5, 5.41) is 2.64. The predicted octanol–water partition coefficient (Wildman–Crippen LogP) is 3.15. The number of anilines is 1. The molecule has 3 rings (SSSR count). The van der Waals surface area contributed by atoms with E-state index in [9.17, 15) is 17.6 Å². The van der Waals surface area contributed by atoms with Gasteiger partial charge in [0.15, 0.2) is 0 Å². The summed E-state index contributed by atoms with van der Waals surface area (Å²) in [7, 11) is -3.89. The lowest BCUT2D eigenvalue weighted by Crippen LogP contribution is -2.32. The Morgan fingerprint density at radius 3 is 2.07 bits per heavy atom. The number of carbonyl (C=O) groups excluding carboxylic acids is 1. The van der Waals surface area contributed by atoms with Crippen LogP contribution in [0.1, 0.15) is 11.4 Å². The number of nitrogens with zero attached hydrogens (tertiary/aromatic N) is 1. The van der Waals surface area contributed by atoms with Crippen molar-refractivity contribution in [2.45, 2.75) is 18.7 Å². The molecule has 0 aliphatic rings. The fraction of sp³-hybridized carbons (Fsp3) is 0.150. The van der Waals surface area contributed by atoms with Crippen LogP contribution in [0, 0.1) is 19.7 Å². The van der Waals surface area contributed by atoms with Crippen molar-refractivity contribution in [1.29, 1.82) is 0 Å². The number of hydrogen-bond acceptors (Lipinski definition) is 3. The zero-order valence-corrected chi connectivity index (χ0v) is 16.3. The average molecular weight is 401 g/mol. The minimum Gasteiger partial charge on any atom is -0.325 e. The van der Waals surface area contributed by atoms with Gasteiger partial charge in [0.2, 0.25) is 15.9 Å². The van der Waals surface area contributed by atoms with Gasteiger partial charge >= 0.3 is 0 Å². The van der Waals surface area contributed by atoms with Crippen LogP contribution in [-0.2, 0) is 14.8 Å². The first-order valence-corrected chi connectivity index (χ1v) is 10.0. The van der Waals surface area contributed by atoms with Crippen molar-refractivity contribution in [1.82, 2.24) is 9.29 Å². The fourth-order valence-electron chi connectivity index (χ4n) is 2.83. The second-order valence-corrected chi connectivity index (χ2v) is 8.09. The van der Waals surface area contributed by atoms with Gasteiger partial charge < -0.3 is 9.88 Å². The zero-order valence-electron chi connectivity index (χ0n) is 15.4. The summed E-state index contributed by atoms with van der Waals surface area (Å²) < 4.78 is 41.4. The molecule has 6 nitrogen and oxygen atoms in total. The highest BCUT2D eigenvalue weighted by molar-refractivity contribution is 7.89. The largest absolute Gasteiger partial charge is 0.325 e. The number of halogens is 1. The number of aromatic nitrogens is 1. The molecule has 0 bridgehead atoms. The topological polar surface area (TPSA) is 80.2 Å². The summed E-state index contributed by atoms with van der Waals surface area (Å²) in [6.45, 7) is 3.59. The number of benzene rings is 2. The van der Waals surface area contributed by atoms with E-state index in [1.807, 2.05) is 38.1 Å². The number of aryl methyl sites for hydroxylation is 2. The normalized spacial score (nSPS) is 11.4. The summed E-state index contributed by atoms with van der Waals surface area (Å²) in [5.74, 6) is -1.04. The van der Waals surface area contributed by atoms with E-state index in [0.717, 1.165) is 41.3 Å². The summed E-state index contributed by atoms with van der Waals surface area (Å²) >= 11 is 0. The van der Waals surface area contributed by atoms with Gasteiger partial charge in [0.25, 0.3) is 0 Å². The van der Waals surface area contributed by atoms with E-state index in [1.165, 1.54) is 0 Å². The van der Waals surface area contributed by atoms with Crippen LogP contribution in [0.15, 0.2) is 65.6 Å². The molecule has 1 heterocycles. The standard InChI is InChI=1S/C20H20FN3O3S/c1-14-3-4-15(2)24(14)18-9-7-17(8-10-18)23-20(25)13-22-28(26,27)19-11-5-16(21)6-12-19/h3-12,22H,13H2,1-2H3,(H,23,25). The van der Waals surface area contributed by atoms with Crippen molar-refractivity contribution in [2.24, 2.45) is 0 Å². The number of amides is 1. The molecule has 1 amide bonds. The van der Waals surface area contributed by atoms with Gasteiger partial charge in [-0.15, -0.1) is 0 Å². The Morgan fingerprint density at radius 1 is 0.929 bits per heavy atom. The van der Waals surface area contributed by atoms with Crippen LogP contribution in [0.4, 0.5) is 10.1 Å². The molecule has 0 radical (unpaired) electrons. The average Bonchev–Trinajstić information content (AvgIpc) is 3.00. The highest BCUT2D eigenvalue weighted by atomic mass is 32.2. The first-order valence-electron chi connectivity index (χ1n) is 8.57. The minimum atomic E-state index is -3.89. The van der Waals surface area contributed by atoms with Crippen LogP contribution in [0.25, 0.3) is 5.69 Å². The van der Waals surface area contributed by atoms with Crippen molar-refractivity contribution >= 4 is 21.6 Å². The van der Waals surface area contributed by atoms with Crippen molar-refractivity contribution in [3.63, 3.8) is 0 Å². The van der Waals surface area contributed by atoms with Crippen LogP contribution < -0.4 is 10.0 Å². The molecule has 1 aromatic heterocycles.